The van der Waals surface area contributed by atoms with Crippen molar-refractivity contribution >= 4 is 32.8 Å². The van der Waals surface area contributed by atoms with E-state index in [1.807, 2.05) is 25.2 Å². The molecule has 2 rings (SSSR count). The van der Waals surface area contributed by atoms with Gasteiger partial charge in [-0.25, -0.2) is 0 Å². The van der Waals surface area contributed by atoms with Gasteiger partial charge in [0.25, 0.3) is 5.91 Å². The number of nitrogens with zero attached hydrogens (tertiary/aromatic N) is 1. The number of carbonyl (C=O) groups excluding carboxylic acids is 1. The second-order valence-electron chi connectivity index (χ2n) is 4.10. The minimum Gasteiger partial charge on any atom is -0.450 e. The van der Waals surface area contributed by atoms with Crippen molar-refractivity contribution in [1.29, 1.82) is 0 Å². The Morgan fingerprint density at radius 1 is 1.50 bits per heavy atom. The van der Waals surface area contributed by atoms with Gasteiger partial charge in [-0.05, 0) is 35.1 Å². The molecule has 0 saturated heterocycles. The topological polar surface area (TPSA) is 45.5 Å². The van der Waals surface area contributed by atoms with E-state index < -0.39 is 0 Å². The Balaban J connectivity index is 2.25. The molecule has 0 aliphatic heterocycles. The van der Waals surface area contributed by atoms with E-state index in [-0.39, 0.29) is 5.91 Å². The van der Waals surface area contributed by atoms with Crippen molar-refractivity contribution in [1.82, 2.24) is 10.2 Å². The molecule has 0 bridgehead atoms. The predicted molar refractivity (Wildman–Crippen MR) is 74.8 cm³/mol. The number of hydrogen-bond donors (Lipinski definition) is 1. The van der Waals surface area contributed by atoms with Crippen molar-refractivity contribution in [2.45, 2.75) is 0 Å². The molecule has 1 aromatic carbocycles. The predicted octanol–water partition coefficient (Wildman–Crippen LogP) is 2.49. The third-order valence-electron chi connectivity index (χ3n) is 2.75. The van der Waals surface area contributed by atoms with Gasteiger partial charge in [0.05, 0.1) is 4.47 Å². The van der Waals surface area contributed by atoms with E-state index in [0.29, 0.717) is 17.9 Å². The van der Waals surface area contributed by atoms with Gasteiger partial charge in [0.15, 0.2) is 5.76 Å². The molecular weight excluding hydrogens is 296 g/mol. The molecule has 0 radical (unpaired) electrons. The lowest BCUT2D eigenvalue weighted by Crippen LogP contribution is -2.32. The normalized spacial score (nSPS) is 10.8. The number of carbonyl (C=O) groups is 1. The highest BCUT2D eigenvalue weighted by molar-refractivity contribution is 9.10. The van der Waals surface area contributed by atoms with Crippen LogP contribution in [0.1, 0.15) is 10.6 Å². The number of para-hydroxylation sites is 1. The van der Waals surface area contributed by atoms with Gasteiger partial charge in [-0.1, -0.05) is 12.1 Å². The van der Waals surface area contributed by atoms with E-state index >= 15 is 0 Å². The van der Waals surface area contributed by atoms with Crippen LogP contribution >= 0.6 is 15.9 Å². The Hall–Kier alpha value is -1.33. The van der Waals surface area contributed by atoms with Crippen LogP contribution < -0.4 is 5.32 Å². The minimum absolute atomic E-state index is 0.103. The maximum Gasteiger partial charge on any atom is 0.289 e. The monoisotopic (exact) mass is 310 g/mol. The first-order valence-electron chi connectivity index (χ1n) is 5.71. The number of halogens is 1. The van der Waals surface area contributed by atoms with E-state index in [1.54, 1.807) is 18.0 Å². The first-order chi connectivity index (χ1) is 8.63. The number of nitrogens with one attached hydrogen (secondary N) is 1. The zero-order valence-electron chi connectivity index (χ0n) is 10.4. The van der Waals surface area contributed by atoms with Crippen LogP contribution in [0.25, 0.3) is 11.0 Å². The lowest BCUT2D eigenvalue weighted by atomic mass is 10.2. The van der Waals surface area contributed by atoms with Crippen LogP contribution in [0, 0.1) is 0 Å². The molecule has 2 aromatic rings. The number of furan rings is 1. The van der Waals surface area contributed by atoms with Gasteiger partial charge in [-0.15, -0.1) is 0 Å². The van der Waals surface area contributed by atoms with Crippen molar-refractivity contribution in [2.24, 2.45) is 0 Å². The second-order valence-corrected chi connectivity index (χ2v) is 4.95. The molecule has 18 heavy (non-hydrogen) atoms. The summed E-state index contributed by atoms with van der Waals surface area (Å²) in [7, 11) is 3.62. The first-order valence-corrected chi connectivity index (χ1v) is 6.51. The van der Waals surface area contributed by atoms with Gasteiger partial charge in [0.2, 0.25) is 0 Å². The summed E-state index contributed by atoms with van der Waals surface area (Å²) in [6, 6.07) is 7.51. The number of amides is 1. The highest BCUT2D eigenvalue weighted by Crippen LogP contribution is 2.27. The van der Waals surface area contributed by atoms with Gasteiger partial charge in [0, 0.05) is 25.5 Å². The number of hydrogen-bond acceptors (Lipinski definition) is 3. The molecular formula is C13H15BrN2O2. The Kier molecular flexibility index (Phi) is 4.04. The maximum atomic E-state index is 12.1. The fourth-order valence-corrected chi connectivity index (χ4v) is 2.16. The van der Waals surface area contributed by atoms with Gasteiger partial charge >= 0.3 is 0 Å². The van der Waals surface area contributed by atoms with Crippen molar-refractivity contribution in [2.75, 3.05) is 27.2 Å². The summed E-state index contributed by atoms with van der Waals surface area (Å²) in [5.41, 5.74) is 0.711. The molecule has 1 heterocycles. The lowest BCUT2D eigenvalue weighted by Gasteiger charge is -2.14. The summed E-state index contributed by atoms with van der Waals surface area (Å²) in [5.74, 6) is 0.267. The zero-order valence-corrected chi connectivity index (χ0v) is 12.0. The summed E-state index contributed by atoms with van der Waals surface area (Å²) >= 11 is 3.41. The molecule has 0 saturated carbocycles. The van der Waals surface area contributed by atoms with Crippen LogP contribution in [0.2, 0.25) is 0 Å². The lowest BCUT2D eigenvalue weighted by molar-refractivity contribution is 0.0768. The summed E-state index contributed by atoms with van der Waals surface area (Å²) < 4.78 is 6.46. The molecule has 1 amide bonds. The summed E-state index contributed by atoms with van der Waals surface area (Å²) in [6.07, 6.45) is 0. The van der Waals surface area contributed by atoms with Crippen LogP contribution in [0.3, 0.4) is 0 Å². The zero-order chi connectivity index (χ0) is 13.1. The molecule has 0 aliphatic carbocycles. The van der Waals surface area contributed by atoms with Crippen LogP contribution in [0.5, 0.6) is 0 Å². The van der Waals surface area contributed by atoms with E-state index in [1.165, 1.54) is 0 Å². The average molecular weight is 311 g/mol. The molecule has 0 unspecified atom stereocenters. The van der Waals surface area contributed by atoms with E-state index in [9.17, 15) is 4.79 Å². The Morgan fingerprint density at radius 2 is 2.28 bits per heavy atom. The van der Waals surface area contributed by atoms with Gasteiger partial charge < -0.3 is 14.6 Å². The Labute approximate surface area is 114 Å². The number of rotatable bonds is 4. The fraction of sp³-hybridized carbons (Fsp3) is 0.308. The molecule has 0 atom stereocenters. The van der Waals surface area contributed by atoms with E-state index in [2.05, 4.69) is 21.2 Å². The van der Waals surface area contributed by atoms with Gasteiger partial charge in [-0.3, -0.25) is 4.79 Å². The Morgan fingerprint density at radius 3 is 2.94 bits per heavy atom. The summed E-state index contributed by atoms with van der Waals surface area (Å²) in [6.45, 7) is 1.40. The summed E-state index contributed by atoms with van der Waals surface area (Å²) in [4.78, 5) is 13.8. The molecule has 0 fully saturated rings. The first kappa shape index (κ1) is 13.1. The number of benzene rings is 1. The van der Waals surface area contributed by atoms with Crippen LogP contribution in [0.4, 0.5) is 0 Å². The van der Waals surface area contributed by atoms with Crippen LogP contribution in [-0.4, -0.2) is 38.0 Å². The molecule has 4 nitrogen and oxygen atoms in total. The molecule has 0 aliphatic rings. The van der Waals surface area contributed by atoms with E-state index in [0.717, 1.165) is 16.4 Å². The molecule has 1 N–H and O–H groups in total. The van der Waals surface area contributed by atoms with Gasteiger partial charge in [-0.2, -0.15) is 0 Å². The van der Waals surface area contributed by atoms with Crippen LogP contribution in [0.15, 0.2) is 33.2 Å². The Bertz CT molecular complexity index is 565. The third kappa shape index (κ3) is 2.57. The van der Waals surface area contributed by atoms with Crippen molar-refractivity contribution < 1.29 is 9.21 Å². The average Bonchev–Trinajstić information content (AvgIpc) is 2.80. The quantitative estimate of drug-likeness (QED) is 0.943. The third-order valence-corrected chi connectivity index (χ3v) is 3.38. The highest BCUT2D eigenvalue weighted by atomic mass is 79.9. The van der Waals surface area contributed by atoms with Gasteiger partial charge in [0.1, 0.15) is 5.58 Å². The fourth-order valence-electron chi connectivity index (χ4n) is 1.70. The minimum atomic E-state index is -0.103. The molecule has 1 aromatic heterocycles. The van der Waals surface area contributed by atoms with Crippen molar-refractivity contribution in [3.05, 3.63) is 34.5 Å². The maximum absolute atomic E-state index is 12.1. The number of fused-ring (bicyclic) bond motifs is 1. The molecule has 5 heteroatoms. The SMILES string of the molecule is CNCCN(C)C(=O)c1cc2cccc(Br)c2o1. The molecule has 0 spiro atoms. The highest BCUT2D eigenvalue weighted by Gasteiger charge is 2.17. The summed E-state index contributed by atoms with van der Waals surface area (Å²) in [5, 5.41) is 3.93. The van der Waals surface area contributed by atoms with Crippen molar-refractivity contribution in [3.8, 4) is 0 Å². The van der Waals surface area contributed by atoms with Crippen molar-refractivity contribution in [3.63, 3.8) is 0 Å². The largest absolute Gasteiger partial charge is 0.450 e. The van der Waals surface area contributed by atoms with Crippen LogP contribution in [-0.2, 0) is 0 Å². The smallest absolute Gasteiger partial charge is 0.289 e. The standard InChI is InChI=1S/C13H15BrN2O2/c1-15-6-7-16(2)13(17)11-8-9-4-3-5-10(14)12(9)18-11/h3-5,8,15H,6-7H2,1-2H3. The van der Waals surface area contributed by atoms with E-state index in [4.69, 9.17) is 4.42 Å². The second kappa shape index (κ2) is 5.54. The number of likely N-dealkylation sites (N-methyl/N-ethyl adjacent to an activating group) is 2. The molecule has 96 valence electrons.